The summed E-state index contributed by atoms with van der Waals surface area (Å²) in [6.07, 6.45) is 0. The van der Waals surface area contributed by atoms with Crippen LogP contribution in [0.3, 0.4) is 0 Å². The Hall–Kier alpha value is -0.980. The molecule has 0 saturated carbocycles. The lowest BCUT2D eigenvalue weighted by Crippen LogP contribution is -2.06. The molecule has 0 aliphatic heterocycles. The van der Waals surface area contributed by atoms with Crippen molar-refractivity contribution in [1.29, 1.82) is 0 Å². The van der Waals surface area contributed by atoms with Crippen molar-refractivity contribution < 1.29 is 4.39 Å². The quantitative estimate of drug-likeness (QED) is 0.930. The molecule has 0 spiro atoms. The van der Waals surface area contributed by atoms with Crippen LogP contribution in [0.2, 0.25) is 0 Å². The van der Waals surface area contributed by atoms with Gasteiger partial charge >= 0.3 is 0 Å². The Bertz CT molecular complexity index is 525. The Morgan fingerprint density at radius 3 is 2.76 bits per heavy atom. The van der Waals surface area contributed by atoms with Crippen LogP contribution in [0.5, 0.6) is 0 Å². The number of hydrogen-bond donors (Lipinski definition) is 1. The topological polar surface area (TPSA) is 51.8 Å². The second kappa shape index (κ2) is 5.12. The Morgan fingerprint density at radius 1 is 1.41 bits per heavy atom. The highest BCUT2D eigenvalue weighted by Crippen LogP contribution is 2.34. The molecule has 90 valence electrons. The minimum Gasteiger partial charge on any atom is -0.324 e. The first-order chi connectivity index (χ1) is 8.06. The SMILES string of the molecule is Cc1nnc(Sc2ccc(F)cc2[C@@H](C)N)s1. The highest BCUT2D eigenvalue weighted by Gasteiger charge is 2.11. The van der Waals surface area contributed by atoms with Crippen molar-refractivity contribution in [3.05, 3.63) is 34.6 Å². The summed E-state index contributed by atoms with van der Waals surface area (Å²) in [4.78, 5) is 0.928. The van der Waals surface area contributed by atoms with Crippen molar-refractivity contribution >= 4 is 23.1 Å². The lowest BCUT2D eigenvalue weighted by molar-refractivity contribution is 0.619. The van der Waals surface area contributed by atoms with Gasteiger partial charge < -0.3 is 5.73 Å². The van der Waals surface area contributed by atoms with E-state index in [1.54, 1.807) is 6.07 Å². The maximum Gasteiger partial charge on any atom is 0.179 e. The summed E-state index contributed by atoms with van der Waals surface area (Å²) in [5.41, 5.74) is 6.62. The molecule has 0 amide bonds. The van der Waals surface area contributed by atoms with E-state index < -0.39 is 0 Å². The predicted octanol–water partition coefficient (Wildman–Crippen LogP) is 3.16. The summed E-state index contributed by atoms with van der Waals surface area (Å²) >= 11 is 2.98. The van der Waals surface area contributed by atoms with Gasteiger partial charge in [0.25, 0.3) is 0 Å². The summed E-state index contributed by atoms with van der Waals surface area (Å²) in [6.45, 7) is 3.74. The summed E-state index contributed by atoms with van der Waals surface area (Å²) in [7, 11) is 0. The highest BCUT2D eigenvalue weighted by molar-refractivity contribution is 8.01. The first kappa shape index (κ1) is 12.5. The van der Waals surface area contributed by atoms with Gasteiger partial charge in [-0.05, 0) is 37.6 Å². The highest BCUT2D eigenvalue weighted by atomic mass is 32.2. The van der Waals surface area contributed by atoms with Crippen LogP contribution < -0.4 is 5.73 Å². The lowest BCUT2D eigenvalue weighted by atomic mass is 10.1. The van der Waals surface area contributed by atoms with Gasteiger partial charge in [0.1, 0.15) is 10.8 Å². The van der Waals surface area contributed by atoms with Crippen LogP contribution in [0.4, 0.5) is 4.39 Å². The molecule has 6 heteroatoms. The Kier molecular flexibility index (Phi) is 3.76. The number of hydrogen-bond acceptors (Lipinski definition) is 5. The molecule has 0 bridgehead atoms. The molecular formula is C11H12FN3S2. The Labute approximate surface area is 107 Å². The summed E-state index contributed by atoms with van der Waals surface area (Å²) in [5.74, 6) is -0.268. The van der Waals surface area contributed by atoms with Crippen LogP contribution in [-0.4, -0.2) is 10.2 Å². The molecule has 0 unspecified atom stereocenters. The third-order valence-electron chi connectivity index (χ3n) is 2.17. The third kappa shape index (κ3) is 3.02. The van der Waals surface area contributed by atoms with Gasteiger partial charge in [0.05, 0.1) is 0 Å². The molecule has 0 radical (unpaired) electrons. The van der Waals surface area contributed by atoms with Gasteiger partial charge in [-0.15, -0.1) is 10.2 Å². The first-order valence-electron chi connectivity index (χ1n) is 5.09. The van der Waals surface area contributed by atoms with E-state index in [1.165, 1.54) is 35.2 Å². The van der Waals surface area contributed by atoms with Crippen molar-refractivity contribution in [2.45, 2.75) is 29.1 Å². The number of nitrogens with zero attached hydrogens (tertiary/aromatic N) is 2. The number of aryl methyl sites for hydroxylation is 1. The van der Waals surface area contributed by atoms with Crippen LogP contribution >= 0.6 is 23.1 Å². The summed E-state index contributed by atoms with van der Waals surface area (Å²) < 4.78 is 14.0. The second-order valence-corrected chi connectivity index (χ2v) is 6.13. The molecule has 1 heterocycles. The molecule has 1 aromatic carbocycles. The summed E-state index contributed by atoms with van der Waals surface area (Å²) in [5, 5.41) is 8.89. The van der Waals surface area contributed by atoms with Gasteiger partial charge in [-0.1, -0.05) is 23.1 Å². The number of rotatable bonds is 3. The standard InChI is InChI=1S/C11H12FN3S2/c1-6(13)9-5-8(12)3-4-10(9)17-11-15-14-7(2)16-11/h3-6H,13H2,1-2H3/t6-/m1/s1. The van der Waals surface area contributed by atoms with E-state index in [-0.39, 0.29) is 11.9 Å². The Balaban J connectivity index is 2.32. The molecular weight excluding hydrogens is 257 g/mol. The van der Waals surface area contributed by atoms with Crippen LogP contribution in [0, 0.1) is 12.7 Å². The molecule has 0 fully saturated rings. The zero-order valence-corrected chi connectivity index (χ0v) is 11.1. The van der Waals surface area contributed by atoms with E-state index in [2.05, 4.69) is 10.2 Å². The van der Waals surface area contributed by atoms with Crippen LogP contribution in [0.25, 0.3) is 0 Å². The molecule has 1 atom stereocenters. The molecule has 2 aromatic rings. The molecule has 17 heavy (non-hydrogen) atoms. The largest absolute Gasteiger partial charge is 0.324 e. The molecule has 0 aliphatic rings. The summed E-state index contributed by atoms with van der Waals surface area (Å²) in [6, 6.07) is 4.43. The number of benzene rings is 1. The van der Waals surface area contributed by atoms with Crippen molar-refractivity contribution in [3.8, 4) is 0 Å². The zero-order chi connectivity index (χ0) is 12.4. The van der Waals surface area contributed by atoms with E-state index in [0.29, 0.717) is 0 Å². The van der Waals surface area contributed by atoms with E-state index in [0.717, 1.165) is 19.8 Å². The fourth-order valence-electron chi connectivity index (χ4n) is 1.38. The van der Waals surface area contributed by atoms with Crippen LogP contribution in [0.1, 0.15) is 23.5 Å². The lowest BCUT2D eigenvalue weighted by Gasteiger charge is -2.10. The average molecular weight is 269 g/mol. The van der Waals surface area contributed by atoms with Gasteiger partial charge in [0.15, 0.2) is 4.34 Å². The van der Waals surface area contributed by atoms with Gasteiger partial charge in [-0.3, -0.25) is 0 Å². The molecule has 2 rings (SSSR count). The van der Waals surface area contributed by atoms with Crippen LogP contribution in [-0.2, 0) is 0 Å². The van der Waals surface area contributed by atoms with Crippen molar-refractivity contribution in [1.82, 2.24) is 10.2 Å². The van der Waals surface area contributed by atoms with Gasteiger partial charge in [0, 0.05) is 10.9 Å². The number of aromatic nitrogens is 2. The fourth-order valence-corrected chi connectivity index (χ4v) is 3.36. The fraction of sp³-hybridized carbons (Fsp3) is 0.273. The van der Waals surface area contributed by atoms with Gasteiger partial charge in [-0.25, -0.2) is 4.39 Å². The first-order valence-corrected chi connectivity index (χ1v) is 6.72. The van der Waals surface area contributed by atoms with E-state index in [4.69, 9.17) is 5.73 Å². The maximum atomic E-state index is 13.2. The Morgan fingerprint density at radius 2 is 2.18 bits per heavy atom. The normalized spacial score (nSPS) is 12.7. The smallest absolute Gasteiger partial charge is 0.179 e. The van der Waals surface area contributed by atoms with Crippen LogP contribution in [0.15, 0.2) is 27.4 Å². The van der Waals surface area contributed by atoms with E-state index >= 15 is 0 Å². The van der Waals surface area contributed by atoms with Crippen molar-refractivity contribution in [3.63, 3.8) is 0 Å². The van der Waals surface area contributed by atoms with Gasteiger partial charge in [0.2, 0.25) is 0 Å². The molecule has 0 saturated heterocycles. The third-order valence-corrected chi connectivity index (χ3v) is 4.15. The zero-order valence-electron chi connectivity index (χ0n) is 9.48. The maximum absolute atomic E-state index is 13.2. The van der Waals surface area contributed by atoms with Gasteiger partial charge in [-0.2, -0.15) is 0 Å². The monoisotopic (exact) mass is 269 g/mol. The molecule has 0 aliphatic carbocycles. The second-order valence-electron chi connectivity index (χ2n) is 3.66. The predicted molar refractivity (Wildman–Crippen MR) is 67.8 cm³/mol. The molecule has 1 aromatic heterocycles. The number of nitrogens with two attached hydrogens (primary N) is 1. The molecule has 3 nitrogen and oxygen atoms in total. The van der Waals surface area contributed by atoms with E-state index in [9.17, 15) is 4.39 Å². The number of halogens is 1. The average Bonchev–Trinajstić information content (AvgIpc) is 2.66. The molecule has 2 N–H and O–H groups in total. The minimum atomic E-state index is -0.268. The van der Waals surface area contributed by atoms with Crippen molar-refractivity contribution in [2.75, 3.05) is 0 Å². The van der Waals surface area contributed by atoms with Crippen molar-refractivity contribution in [2.24, 2.45) is 5.73 Å². The van der Waals surface area contributed by atoms with E-state index in [1.807, 2.05) is 13.8 Å². The minimum absolute atomic E-state index is 0.206.